The molecular weight excluding hydrogens is 410 g/mol. The Hall–Kier alpha value is -3.45. The summed E-state index contributed by atoms with van der Waals surface area (Å²) >= 11 is 1.49. The maximum atomic E-state index is 13.3. The average Bonchev–Trinajstić information content (AvgIpc) is 3.09. The minimum absolute atomic E-state index is 0.138. The predicted molar refractivity (Wildman–Crippen MR) is 125 cm³/mol. The van der Waals surface area contributed by atoms with Crippen molar-refractivity contribution in [1.82, 2.24) is 9.55 Å². The molecule has 0 bridgehead atoms. The Morgan fingerprint density at radius 3 is 2.65 bits per heavy atom. The number of nitrogens with zero attached hydrogens (tertiary/aromatic N) is 2. The lowest BCUT2D eigenvalue weighted by Crippen LogP contribution is -2.28. The minimum atomic E-state index is -0.326. The molecule has 0 aliphatic heterocycles. The molecule has 4 aromatic rings. The van der Waals surface area contributed by atoms with Gasteiger partial charge in [0.15, 0.2) is 0 Å². The van der Waals surface area contributed by atoms with E-state index in [1.54, 1.807) is 19.2 Å². The number of carbonyl (C=O) groups is 1. The van der Waals surface area contributed by atoms with Gasteiger partial charge in [-0.15, -0.1) is 11.3 Å². The van der Waals surface area contributed by atoms with Gasteiger partial charge in [-0.2, -0.15) is 0 Å². The van der Waals surface area contributed by atoms with Crippen LogP contribution >= 0.6 is 11.3 Å². The van der Waals surface area contributed by atoms with Crippen molar-refractivity contribution >= 4 is 33.1 Å². The standard InChI is InChI=1S/C24H23N3O3S/c1-14-9-10-17(11-15(14)2)21-16(3)31-23-22(21)24(29)27(13-25-23)12-20(28)26-18-7-5-6-8-19(18)30-4/h5-11,13H,12H2,1-4H3,(H,26,28). The van der Waals surface area contributed by atoms with E-state index in [9.17, 15) is 9.59 Å². The lowest BCUT2D eigenvalue weighted by molar-refractivity contribution is -0.116. The number of aromatic nitrogens is 2. The summed E-state index contributed by atoms with van der Waals surface area (Å²) in [5.74, 6) is 0.231. The largest absolute Gasteiger partial charge is 0.495 e. The quantitative estimate of drug-likeness (QED) is 0.495. The van der Waals surface area contributed by atoms with Crippen LogP contribution in [0.1, 0.15) is 16.0 Å². The first kappa shape index (κ1) is 20.8. The smallest absolute Gasteiger partial charge is 0.263 e. The highest BCUT2D eigenvalue weighted by atomic mass is 32.1. The van der Waals surface area contributed by atoms with Gasteiger partial charge in [-0.05, 0) is 49.6 Å². The molecule has 0 unspecified atom stereocenters. The molecule has 1 N–H and O–H groups in total. The Kier molecular flexibility index (Phi) is 5.61. The van der Waals surface area contributed by atoms with Crippen LogP contribution in [-0.2, 0) is 11.3 Å². The van der Waals surface area contributed by atoms with Crippen LogP contribution in [0.4, 0.5) is 5.69 Å². The van der Waals surface area contributed by atoms with Crippen molar-refractivity contribution in [3.63, 3.8) is 0 Å². The molecule has 6 nitrogen and oxygen atoms in total. The number of para-hydroxylation sites is 2. The van der Waals surface area contributed by atoms with Gasteiger partial charge in [-0.1, -0.05) is 30.3 Å². The number of amides is 1. The van der Waals surface area contributed by atoms with Crippen molar-refractivity contribution in [3.8, 4) is 16.9 Å². The van der Waals surface area contributed by atoms with Gasteiger partial charge >= 0.3 is 0 Å². The average molecular weight is 434 g/mol. The van der Waals surface area contributed by atoms with Crippen LogP contribution in [0.2, 0.25) is 0 Å². The van der Waals surface area contributed by atoms with Crippen molar-refractivity contribution < 1.29 is 9.53 Å². The van der Waals surface area contributed by atoms with Crippen LogP contribution in [0.3, 0.4) is 0 Å². The van der Waals surface area contributed by atoms with Gasteiger partial charge in [0, 0.05) is 10.4 Å². The van der Waals surface area contributed by atoms with E-state index in [-0.39, 0.29) is 18.0 Å². The molecule has 0 saturated heterocycles. The summed E-state index contributed by atoms with van der Waals surface area (Å²) in [5.41, 5.74) is 4.57. The molecule has 31 heavy (non-hydrogen) atoms. The Balaban J connectivity index is 1.71. The number of rotatable bonds is 5. The molecule has 7 heteroatoms. The number of carbonyl (C=O) groups excluding carboxylic acids is 1. The summed E-state index contributed by atoms with van der Waals surface area (Å²) in [6, 6.07) is 13.3. The number of hydrogen-bond acceptors (Lipinski definition) is 5. The first-order chi connectivity index (χ1) is 14.9. The molecular formula is C24H23N3O3S. The van der Waals surface area contributed by atoms with Gasteiger partial charge in [0.05, 0.1) is 24.5 Å². The van der Waals surface area contributed by atoms with E-state index in [1.165, 1.54) is 27.8 Å². The topological polar surface area (TPSA) is 73.2 Å². The van der Waals surface area contributed by atoms with Crippen LogP contribution in [0.25, 0.3) is 21.3 Å². The number of fused-ring (bicyclic) bond motifs is 1. The zero-order valence-electron chi connectivity index (χ0n) is 17.9. The van der Waals surface area contributed by atoms with E-state index >= 15 is 0 Å². The van der Waals surface area contributed by atoms with Gasteiger partial charge < -0.3 is 10.1 Å². The molecule has 2 aromatic heterocycles. The molecule has 0 spiro atoms. The van der Waals surface area contributed by atoms with E-state index in [2.05, 4.69) is 36.3 Å². The van der Waals surface area contributed by atoms with Crippen LogP contribution in [-0.4, -0.2) is 22.6 Å². The summed E-state index contributed by atoms with van der Waals surface area (Å²) in [7, 11) is 1.54. The normalized spacial score (nSPS) is 11.0. The molecule has 2 heterocycles. The number of methoxy groups -OCH3 is 1. The van der Waals surface area contributed by atoms with Crippen molar-refractivity contribution in [1.29, 1.82) is 0 Å². The monoisotopic (exact) mass is 433 g/mol. The molecule has 158 valence electrons. The summed E-state index contributed by atoms with van der Waals surface area (Å²) in [4.78, 5) is 32.1. The third kappa shape index (κ3) is 3.96. The molecule has 2 aromatic carbocycles. The molecule has 0 aliphatic carbocycles. The van der Waals surface area contributed by atoms with Gasteiger partial charge in [-0.25, -0.2) is 4.98 Å². The lowest BCUT2D eigenvalue weighted by atomic mass is 9.99. The number of aryl methyl sites for hydroxylation is 3. The number of anilines is 1. The summed E-state index contributed by atoms with van der Waals surface area (Å²) in [6.45, 7) is 5.98. The SMILES string of the molecule is COc1ccccc1NC(=O)Cn1cnc2sc(C)c(-c3ccc(C)c(C)c3)c2c1=O. The Bertz CT molecular complexity index is 1350. The van der Waals surface area contributed by atoms with Crippen molar-refractivity contribution in [3.05, 3.63) is 75.1 Å². The predicted octanol–water partition coefficient (Wildman–Crippen LogP) is 4.70. The second kappa shape index (κ2) is 8.35. The fourth-order valence-corrected chi connectivity index (χ4v) is 4.59. The van der Waals surface area contributed by atoms with Gasteiger partial charge in [0.2, 0.25) is 5.91 Å². The van der Waals surface area contributed by atoms with E-state index in [1.807, 2.05) is 25.1 Å². The fraction of sp³-hybridized carbons (Fsp3) is 0.208. The molecule has 0 radical (unpaired) electrons. The van der Waals surface area contributed by atoms with Crippen LogP contribution in [0.15, 0.2) is 53.6 Å². The Labute approximate surface area is 184 Å². The van der Waals surface area contributed by atoms with Crippen LogP contribution in [0, 0.1) is 20.8 Å². The summed E-state index contributed by atoms with van der Waals surface area (Å²) in [6.07, 6.45) is 1.44. The molecule has 1 amide bonds. The first-order valence-corrected chi connectivity index (χ1v) is 10.7. The second-order valence-electron chi connectivity index (χ2n) is 7.44. The minimum Gasteiger partial charge on any atom is -0.495 e. The highest BCUT2D eigenvalue weighted by Gasteiger charge is 2.18. The molecule has 0 atom stereocenters. The van der Waals surface area contributed by atoms with Gasteiger partial charge in [-0.3, -0.25) is 14.2 Å². The first-order valence-electron chi connectivity index (χ1n) is 9.88. The van der Waals surface area contributed by atoms with E-state index in [4.69, 9.17) is 4.74 Å². The lowest BCUT2D eigenvalue weighted by Gasteiger charge is -2.11. The van der Waals surface area contributed by atoms with Gasteiger partial charge in [0.25, 0.3) is 5.56 Å². The zero-order valence-corrected chi connectivity index (χ0v) is 18.7. The van der Waals surface area contributed by atoms with E-state index < -0.39 is 0 Å². The maximum absolute atomic E-state index is 13.3. The third-order valence-electron chi connectivity index (χ3n) is 5.35. The van der Waals surface area contributed by atoms with Gasteiger partial charge in [0.1, 0.15) is 17.1 Å². The number of benzene rings is 2. The Morgan fingerprint density at radius 2 is 1.90 bits per heavy atom. The third-order valence-corrected chi connectivity index (χ3v) is 6.36. The molecule has 0 fully saturated rings. The number of ether oxygens (including phenoxy) is 1. The van der Waals surface area contributed by atoms with E-state index in [0.29, 0.717) is 21.7 Å². The van der Waals surface area contributed by atoms with Crippen molar-refractivity contribution in [2.45, 2.75) is 27.3 Å². The molecule has 0 aliphatic rings. The van der Waals surface area contributed by atoms with Crippen molar-refractivity contribution in [2.24, 2.45) is 0 Å². The van der Waals surface area contributed by atoms with Crippen molar-refractivity contribution in [2.75, 3.05) is 12.4 Å². The fourth-order valence-electron chi connectivity index (χ4n) is 3.59. The number of hydrogen-bond donors (Lipinski definition) is 1. The summed E-state index contributed by atoms with van der Waals surface area (Å²) < 4.78 is 6.62. The second-order valence-corrected chi connectivity index (χ2v) is 8.64. The molecule has 0 saturated carbocycles. The number of thiophene rings is 1. The Morgan fingerprint density at radius 1 is 1.13 bits per heavy atom. The van der Waals surface area contributed by atoms with Crippen LogP contribution in [0.5, 0.6) is 5.75 Å². The highest BCUT2D eigenvalue weighted by Crippen LogP contribution is 2.36. The number of nitrogens with one attached hydrogen (secondary N) is 1. The van der Waals surface area contributed by atoms with Crippen LogP contribution < -0.4 is 15.6 Å². The van der Waals surface area contributed by atoms with E-state index in [0.717, 1.165) is 21.6 Å². The summed E-state index contributed by atoms with van der Waals surface area (Å²) in [5, 5.41) is 3.36. The zero-order chi connectivity index (χ0) is 22.1. The highest BCUT2D eigenvalue weighted by molar-refractivity contribution is 7.19. The maximum Gasteiger partial charge on any atom is 0.263 e. The molecule has 4 rings (SSSR count).